The van der Waals surface area contributed by atoms with E-state index in [9.17, 15) is 4.79 Å². The number of nitrogens with zero attached hydrogens (tertiary/aromatic N) is 1. The van der Waals surface area contributed by atoms with E-state index < -0.39 is 0 Å². The lowest BCUT2D eigenvalue weighted by molar-refractivity contribution is -0.130. The first kappa shape index (κ1) is 13.9. The topological polar surface area (TPSA) is 41.6 Å². The molecule has 1 aliphatic rings. The van der Waals surface area contributed by atoms with Gasteiger partial charge in [-0.3, -0.25) is 4.79 Å². The second-order valence-electron chi connectivity index (χ2n) is 4.90. The zero-order chi connectivity index (χ0) is 13.5. The van der Waals surface area contributed by atoms with Crippen LogP contribution in [0.1, 0.15) is 18.4 Å². The van der Waals surface area contributed by atoms with Crippen molar-refractivity contribution in [2.24, 2.45) is 0 Å². The molecule has 19 heavy (non-hydrogen) atoms. The number of amides is 1. The highest BCUT2D eigenvalue weighted by Crippen LogP contribution is 2.11. The Morgan fingerprint density at radius 2 is 2.05 bits per heavy atom. The molecule has 1 heterocycles. The van der Waals surface area contributed by atoms with Gasteiger partial charge in [-0.25, -0.2) is 0 Å². The predicted molar refractivity (Wildman–Crippen MR) is 75.4 cm³/mol. The van der Waals surface area contributed by atoms with Crippen molar-refractivity contribution in [3.05, 3.63) is 29.8 Å². The van der Waals surface area contributed by atoms with Crippen LogP contribution in [0, 0.1) is 6.92 Å². The van der Waals surface area contributed by atoms with Crippen LogP contribution in [0.3, 0.4) is 0 Å². The van der Waals surface area contributed by atoms with E-state index in [0.29, 0.717) is 13.0 Å². The summed E-state index contributed by atoms with van der Waals surface area (Å²) < 4.78 is 5.66. The molecule has 1 aromatic carbocycles. The Bertz CT molecular complexity index is 403. The lowest BCUT2D eigenvalue weighted by Crippen LogP contribution is -2.33. The number of hydrogen-bond acceptors (Lipinski definition) is 3. The van der Waals surface area contributed by atoms with Crippen molar-refractivity contribution in [3.63, 3.8) is 0 Å². The first-order chi connectivity index (χ1) is 9.25. The third-order valence-electron chi connectivity index (χ3n) is 3.29. The summed E-state index contributed by atoms with van der Waals surface area (Å²) in [6.45, 7) is 6.00. The molecule has 0 saturated carbocycles. The average Bonchev–Trinajstić information content (AvgIpc) is 2.62. The van der Waals surface area contributed by atoms with Crippen LogP contribution in [-0.2, 0) is 4.79 Å². The predicted octanol–water partition coefficient (Wildman–Crippen LogP) is 1.59. The van der Waals surface area contributed by atoms with Gasteiger partial charge in [0.2, 0.25) is 5.91 Å². The van der Waals surface area contributed by atoms with E-state index in [1.165, 1.54) is 5.56 Å². The van der Waals surface area contributed by atoms with Crippen molar-refractivity contribution in [3.8, 4) is 5.75 Å². The highest BCUT2D eigenvalue weighted by atomic mass is 16.5. The van der Waals surface area contributed by atoms with Crippen LogP contribution in [-0.4, -0.2) is 43.6 Å². The average molecular weight is 262 g/mol. The van der Waals surface area contributed by atoms with Crippen molar-refractivity contribution < 1.29 is 9.53 Å². The van der Waals surface area contributed by atoms with Crippen molar-refractivity contribution in [1.29, 1.82) is 0 Å². The number of nitrogens with one attached hydrogen (secondary N) is 1. The molecule has 0 unspecified atom stereocenters. The van der Waals surface area contributed by atoms with Crippen molar-refractivity contribution in [1.82, 2.24) is 10.2 Å². The van der Waals surface area contributed by atoms with Crippen LogP contribution in [0.2, 0.25) is 0 Å². The SMILES string of the molecule is Cc1ccc(OCCCN2CCNCCC2=O)cc1. The molecule has 4 nitrogen and oxygen atoms in total. The molecule has 1 saturated heterocycles. The number of aryl methyl sites for hydroxylation is 1. The Labute approximate surface area is 114 Å². The summed E-state index contributed by atoms with van der Waals surface area (Å²) in [5, 5.41) is 3.24. The van der Waals surface area contributed by atoms with Crippen LogP contribution >= 0.6 is 0 Å². The molecule has 1 aliphatic heterocycles. The third-order valence-corrected chi connectivity index (χ3v) is 3.29. The third kappa shape index (κ3) is 4.56. The second-order valence-corrected chi connectivity index (χ2v) is 4.90. The van der Waals surface area contributed by atoms with Crippen molar-refractivity contribution >= 4 is 5.91 Å². The van der Waals surface area contributed by atoms with Gasteiger partial charge in [-0.15, -0.1) is 0 Å². The van der Waals surface area contributed by atoms with E-state index >= 15 is 0 Å². The van der Waals surface area contributed by atoms with Gasteiger partial charge in [0.25, 0.3) is 0 Å². The van der Waals surface area contributed by atoms with Crippen molar-refractivity contribution in [2.75, 3.05) is 32.8 Å². The minimum absolute atomic E-state index is 0.250. The molecule has 1 fully saturated rings. The molecule has 0 aliphatic carbocycles. The molecule has 1 N–H and O–H groups in total. The van der Waals surface area contributed by atoms with Crippen LogP contribution in [0.5, 0.6) is 5.75 Å². The molecule has 0 atom stereocenters. The maximum absolute atomic E-state index is 11.8. The first-order valence-corrected chi connectivity index (χ1v) is 6.94. The zero-order valence-corrected chi connectivity index (χ0v) is 11.5. The minimum atomic E-state index is 0.250. The van der Waals surface area contributed by atoms with Gasteiger partial charge in [0.1, 0.15) is 5.75 Å². The van der Waals surface area contributed by atoms with Crippen LogP contribution in [0.15, 0.2) is 24.3 Å². The summed E-state index contributed by atoms with van der Waals surface area (Å²) in [6, 6.07) is 8.05. The summed E-state index contributed by atoms with van der Waals surface area (Å²) in [6.07, 6.45) is 1.48. The minimum Gasteiger partial charge on any atom is -0.494 e. The molecule has 0 bridgehead atoms. The van der Waals surface area contributed by atoms with Gasteiger partial charge >= 0.3 is 0 Å². The maximum atomic E-state index is 11.8. The Morgan fingerprint density at radius 3 is 2.84 bits per heavy atom. The fraction of sp³-hybridized carbons (Fsp3) is 0.533. The number of rotatable bonds is 5. The van der Waals surface area contributed by atoms with E-state index in [4.69, 9.17) is 4.74 Å². The lowest BCUT2D eigenvalue weighted by Gasteiger charge is -2.20. The van der Waals surface area contributed by atoms with Gasteiger partial charge in [-0.2, -0.15) is 0 Å². The van der Waals surface area contributed by atoms with E-state index in [1.54, 1.807) is 0 Å². The molecular weight excluding hydrogens is 240 g/mol. The fourth-order valence-corrected chi connectivity index (χ4v) is 2.13. The number of carbonyl (C=O) groups is 1. The first-order valence-electron chi connectivity index (χ1n) is 6.94. The van der Waals surface area contributed by atoms with E-state index in [0.717, 1.165) is 38.3 Å². The van der Waals surface area contributed by atoms with E-state index in [-0.39, 0.29) is 5.91 Å². The molecule has 0 radical (unpaired) electrons. The van der Waals surface area contributed by atoms with E-state index in [2.05, 4.69) is 12.2 Å². The summed E-state index contributed by atoms with van der Waals surface area (Å²) in [5.41, 5.74) is 1.23. The van der Waals surface area contributed by atoms with Gasteiger partial charge in [0.05, 0.1) is 6.61 Å². The molecule has 2 rings (SSSR count). The Morgan fingerprint density at radius 1 is 1.26 bits per heavy atom. The van der Waals surface area contributed by atoms with Gasteiger partial charge in [0.15, 0.2) is 0 Å². The molecule has 1 aromatic rings. The number of hydrogen-bond donors (Lipinski definition) is 1. The van der Waals surface area contributed by atoms with Crippen LogP contribution in [0.25, 0.3) is 0 Å². The number of carbonyl (C=O) groups excluding carboxylic acids is 1. The summed E-state index contributed by atoms with van der Waals surface area (Å²) in [7, 11) is 0. The summed E-state index contributed by atoms with van der Waals surface area (Å²) in [5.74, 6) is 1.15. The molecule has 4 heteroatoms. The molecular formula is C15H22N2O2. The van der Waals surface area contributed by atoms with Gasteiger partial charge in [-0.1, -0.05) is 17.7 Å². The molecule has 104 valence electrons. The van der Waals surface area contributed by atoms with Gasteiger partial charge in [0, 0.05) is 32.6 Å². The zero-order valence-electron chi connectivity index (χ0n) is 11.5. The number of ether oxygens (including phenoxy) is 1. The highest BCUT2D eigenvalue weighted by molar-refractivity contribution is 5.76. The summed E-state index contributed by atoms with van der Waals surface area (Å²) in [4.78, 5) is 13.7. The van der Waals surface area contributed by atoms with Crippen molar-refractivity contribution in [2.45, 2.75) is 19.8 Å². The lowest BCUT2D eigenvalue weighted by atomic mass is 10.2. The monoisotopic (exact) mass is 262 g/mol. The quantitative estimate of drug-likeness (QED) is 0.819. The Balaban J connectivity index is 1.68. The molecule has 0 aromatic heterocycles. The Kier molecular flexibility index (Phi) is 5.21. The van der Waals surface area contributed by atoms with Gasteiger partial charge in [-0.05, 0) is 25.5 Å². The van der Waals surface area contributed by atoms with Crippen LogP contribution in [0.4, 0.5) is 0 Å². The standard InChI is InChI=1S/C15H22N2O2/c1-13-3-5-14(6-4-13)19-12-2-10-17-11-9-16-8-7-15(17)18/h3-6,16H,2,7-12H2,1H3. The normalized spacial score (nSPS) is 16.3. The number of benzene rings is 1. The molecule has 0 spiro atoms. The smallest absolute Gasteiger partial charge is 0.223 e. The molecule has 1 amide bonds. The fourth-order valence-electron chi connectivity index (χ4n) is 2.13. The van der Waals surface area contributed by atoms with Gasteiger partial charge < -0.3 is 15.0 Å². The largest absolute Gasteiger partial charge is 0.494 e. The second kappa shape index (κ2) is 7.14. The van der Waals surface area contributed by atoms with E-state index in [1.807, 2.05) is 29.2 Å². The highest BCUT2D eigenvalue weighted by Gasteiger charge is 2.15. The van der Waals surface area contributed by atoms with Crippen LogP contribution < -0.4 is 10.1 Å². The summed E-state index contributed by atoms with van der Waals surface area (Å²) >= 11 is 0. The maximum Gasteiger partial charge on any atom is 0.223 e. The Hall–Kier alpha value is -1.55.